The first-order chi connectivity index (χ1) is 12.0. The number of hydrogen-bond acceptors (Lipinski definition) is 5. The van der Waals surface area contributed by atoms with Gasteiger partial charge in [0.15, 0.2) is 0 Å². The highest BCUT2D eigenvalue weighted by Gasteiger charge is 2.38. The van der Waals surface area contributed by atoms with Crippen molar-refractivity contribution in [3.05, 3.63) is 47.3 Å². The largest absolute Gasteiger partial charge is 0.426 e. The molecule has 0 spiro atoms. The van der Waals surface area contributed by atoms with E-state index in [0.717, 1.165) is 11.3 Å². The summed E-state index contributed by atoms with van der Waals surface area (Å²) in [7, 11) is 3.41. The van der Waals surface area contributed by atoms with E-state index in [2.05, 4.69) is 10.4 Å². The summed E-state index contributed by atoms with van der Waals surface area (Å²) in [6, 6.07) is 6.55. The molecule has 2 aromatic rings. The van der Waals surface area contributed by atoms with Crippen LogP contribution in [-0.4, -0.2) is 35.3 Å². The maximum Gasteiger partial charge on any atom is 0.317 e. The van der Waals surface area contributed by atoms with Crippen LogP contribution in [0.1, 0.15) is 34.1 Å². The van der Waals surface area contributed by atoms with Crippen molar-refractivity contribution in [3.63, 3.8) is 0 Å². The van der Waals surface area contributed by atoms with Gasteiger partial charge in [0.05, 0.1) is 18.2 Å². The number of hydrogen-bond donors (Lipinski definition) is 1. The molecule has 7 nitrogen and oxygen atoms in total. The molecule has 25 heavy (non-hydrogen) atoms. The van der Waals surface area contributed by atoms with E-state index in [0.29, 0.717) is 24.3 Å². The summed E-state index contributed by atoms with van der Waals surface area (Å²) in [4.78, 5) is 24.3. The van der Waals surface area contributed by atoms with E-state index < -0.39 is 5.92 Å². The van der Waals surface area contributed by atoms with Crippen LogP contribution in [0.4, 0.5) is 0 Å². The smallest absolute Gasteiger partial charge is 0.317 e. The quantitative estimate of drug-likeness (QED) is 0.676. The number of carbonyl (C=O) groups excluding carboxylic acids is 2. The highest BCUT2D eigenvalue weighted by Crippen LogP contribution is 2.36. The van der Waals surface area contributed by atoms with Crippen molar-refractivity contribution in [2.24, 2.45) is 13.0 Å². The molecule has 1 N–H and O–H groups in total. The van der Waals surface area contributed by atoms with Crippen LogP contribution in [0.3, 0.4) is 0 Å². The second kappa shape index (κ2) is 7.06. The Hall–Kier alpha value is -2.67. The van der Waals surface area contributed by atoms with Crippen molar-refractivity contribution in [3.8, 4) is 5.75 Å². The molecule has 132 valence electrons. The third kappa shape index (κ3) is 3.41. The van der Waals surface area contributed by atoms with Gasteiger partial charge in [0.1, 0.15) is 5.75 Å². The lowest BCUT2D eigenvalue weighted by atomic mass is 9.96. The van der Waals surface area contributed by atoms with E-state index in [1.165, 1.54) is 0 Å². The van der Waals surface area contributed by atoms with Crippen molar-refractivity contribution in [1.82, 2.24) is 15.1 Å². The molecular weight excluding hydrogens is 322 g/mol. The van der Waals surface area contributed by atoms with E-state index in [1.807, 2.05) is 14.0 Å². The zero-order valence-electron chi connectivity index (χ0n) is 14.5. The minimum absolute atomic E-state index is 0.231. The molecule has 0 bridgehead atoms. The van der Waals surface area contributed by atoms with E-state index in [9.17, 15) is 9.59 Å². The van der Waals surface area contributed by atoms with Crippen LogP contribution in [0.15, 0.2) is 30.5 Å². The number of carbonyl (C=O) groups is 2. The number of ether oxygens (including phenoxy) is 2. The molecule has 1 aromatic carbocycles. The Morgan fingerprint density at radius 2 is 2.20 bits per heavy atom. The Morgan fingerprint density at radius 1 is 1.40 bits per heavy atom. The summed E-state index contributed by atoms with van der Waals surface area (Å²) < 4.78 is 13.0. The van der Waals surface area contributed by atoms with Crippen molar-refractivity contribution in [2.45, 2.75) is 19.4 Å². The molecule has 2 heterocycles. The van der Waals surface area contributed by atoms with Gasteiger partial charge in [0, 0.05) is 37.5 Å². The van der Waals surface area contributed by atoms with Crippen molar-refractivity contribution < 1.29 is 19.1 Å². The first-order valence-corrected chi connectivity index (χ1v) is 8.15. The van der Waals surface area contributed by atoms with Gasteiger partial charge in [0.25, 0.3) is 5.91 Å². The summed E-state index contributed by atoms with van der Waals surface area (Å²) in [6.07, 6.45) is 1.97. The van der Waals surface area contributed by atoms with Crippen LogP contribution in [0.2, 0.25) is 0 Å². The fourth-order valence-corrected chi connectivity index (χ4v) is 2.97. The number of esters is 1. The number of benzene rings is 1. The average molecular weight is 343 g/mol. The van der Waals surface area contributed by atoms with Gasteiger partial charge in [-0.05, 0) is 31.5 Å². The van der Waals surface area contributed by atoms with Crippen LogP contribution in [0.5, 0.6) is 5.75 Å². The highest BCUT2D eigenvalue weighted by atomic mass is 16.5. The Labute approximate surface area is 145 Å². The predicted octanol–water partition coefficient (Wildman–Crippen LogP) is 1.77. The molecule has 1 aliphatic rings. The third-order valence-corrected chi connectivity index (χ3v) is 4.52. The molecule has 1 amide bonds. The van der Waals surface area contributed by atoms with E-state index >= 15 is 0 Å². The molecule has 0 unspecified atom stereocenters. The lowest BCUT2D eigenvalue weighted by molar-refractivity contribution is -0.140. The zero-order valence-corrected chi connectivity index (χ0v) is 14.5. The van der Waals surface area contributed by atoms with Crippen LogP contribution in [-0.2, 0) is 16.6 Å². The first-order valence-electron chi connectivity index (χ1n) is 8.15. The predicted molar refractivity (Wildman–Crippen MR) is 90.2 cm³/mol. The van der Waals surface area contributed by atoms with E-state index in [4.69, 9.17) is 9.47 Å². The van der Waals surface area contributed by atoms with Gasteiger partial charge in [-0.1, -0.05) is 6.07 Å². The lowest BCUT2D eigenvalue weighted by Crippen LogP contribution is -2.24. The summed E-state index contributed by atoms with van der Waals surface area (Å²) in [5.74, 6) is -0.642. The van der Waals surface area contributed by atoms with E-state index in [1.54, 1.807) is 42.2 Å². The highest BCUT2D eigenvalue weighted by molar-refractivity contribution is 5.94. The summed E-state index contributed by atoms with van der Waals surface area (Å²) in [5.41, 5.74) is 2.31. The first kappa shape index (κ1) is 17.2. The Bertz CT molecular complexity index is 799. The molecule has 7 heteroatoms. The molecule has 0 saturated carbocycles. The normalized spacial score (nSPS) is 19.6. The third-order valence-electron chi connectivity index (χ3n) is 4.52. The molecule has 2 atom stereocenters. The van der Waals surface area contributed by atoms with Crippen molar-refractivity contribution in [1.29, 1.82) is 0 Å². The number of nitrogens with zero attached hydrogens (tertiary/aromatic N) is 2. The lowest BCUT2D eigenvalue weighted by Gasteiger charge is -2.17. The minimum atomic E-state index is -0.397. The maximum absolute atomic E-state index is 12.6. The minimum Gasteiger partial charge on any atom is -0.426 e. The SMILES string of the molecule is CNC(=O)c1cccc(OC(=O)[C@H]2CCO[C@@H]2c2cnn(C)c2C)c1. The Morgan fingerprint density at radius 3 is 2.88 bits per heavy atom. The summed E-state index contributed by atoms with van der Waals surface area (Å²) in [5, 5.41) is 6.76. The number of aryl methyl sites for hydroxylation is 1. The van der Waals surface area contributed by atoms with Gasteiger partial charge >= 0.3 is 5.97 Å². The molecule has 0 aliphatic carbocycles. The molecule has 1 fully saturated rings. The second-order valence-electron chi connectivity index (χ2n) is 6.02. The second-order valence-corrected chi connectivity index (χ2v) is 6.02. The van der Waals surface area contributed by atoms with Crippen LogP contribution in [0, 0.1) is 12.8 Å². The standard InChI is InChI=1S/C18H21N3O4/c1-11-15(10-20-21(11)3)16-14(7-8-24-16)18(23)25-13-6-4-5-12(9-13)17(22)19-2/h4-6,9-10,14,16H,7-8H2,1-3H3,(H,19,22)/t14-,16-/m0/s1. The number of amides is 1. The molecule has 3 rings (SSSR count). The number of rotatable bonds is 4. The average Bonchev–Trinajstić information content (AvgIpc) is 3.22. The van der Waals surface area contributed by atoms with Gasteiger partial charge in [0.2, 0.25) is 0 Å². The molecular formula is C18H21N3O4. The van der Waals surface area contributed by atoms with Gasteiger partial charge in [-0.2, -0.15) is 5.10 Å². The molecule has 0 radical (unpaired) electrons. The van der Waals surface area contributed by atoms with Crippen LogP contribution < -0.4 is 10.1 Å². The molecule has 1 aliphatic heterocycles. The molecule has 1 saturated heterocycles. The van der Waals surface area contributed by atoms with Crippen LogP contribution in [0.25, 0.3) is 0 Å². The van der Waals surface area contributed by atoms with Gasteiger partial charge in [-0.25, -0.2) is 0 Å². The fraction of sp³-hybridized carbons (Fsp3) is 0.389. The van der Waals surface area contributed by atoms with Gasteiger partial charge in [-0.15, -0.1) is 0 Å². The van der Waals surface area contributed by atoms with Gasteiger partial charge < -0.3 is 14.8 Å². The Balaban J connectivity index is 1.76. The number of nitrogens with one attached hydrogen (secondary N) is 1. The van der Waals surface area contributed by atoms with Crippen molar-refractivity contribution in [2.75, 3.05) is 13.7 Å². The number of aromatic nitrogens is 2. The van der Waals surface area contributed by atoms with Crippen molar-refractivity contribution >= 4 is 11.9 Å². The summed E-state index contributed by atoms with van der Waals surface area (Å²) in [6.45, 7) is 2.44. The van der Waals surface area contributed by atoms with Crippen LogP contribution >= 0.6 is 0 Å². The van der Waals surface area contributed by atoms with E-state index in [-0.39, 0.29) is 18.0 Å². The van der Waals surface area contributed by atoms with Gasteiger partial charge in [-0.3, -0.25) is 14.3 Å². The maximum atomic E-state index is 12.6. The monoisotopic (exact) mass is 343 g/mol. The molecule has 1 aromatic heterocycles. The fourth-order valence-electron chi connectivity index (χ4n) is 2.97. The Kier molecular flexibility index (Phi) is 4.85. The zero-order chi connectivity index (χ0) is 18.0. The summed E-state index contributed by atoms with van der Waals surface area (Å²) >= 11 is 0. The topological polar surface area (TPSA) is 82.4 Å².